The lowest BCUT2D eigenvalue weighted by Crippen LogP contribution is -2.55. The fourth-order valence-electron chi connectivity index (χ4n) is 2.60. The summed E-state index contributed by atoms with van der Waals surface area (Å²) >= 11 is 0. The minimum Gasteiger partial charge on any atom is -0.0654 e. The van der Waals surface area contributed by atoms with Gasteiger partial charge in [-0.3, -0.25) is 0 Å². The standard InChI is InChI=1S/C17H22Si/c1-3-4-15-18(2,16-11-7-5-8-12-16)17-13-9-6-10-14-17/h5-14H,3-4,15H2,1-2H3. The van der Waals surface area contributed by atoms with Gasteiger partial charge in [-0.15, -0.1) is 0 Å². The molecule has 2 aromatic rings. The molecular formula is C17H22Si. The van der Waals surface area contributed by atoms with E-state index < -0.39 is 8.07 Å². The highest BCUT2D eigenvalue weighted by atomic mass is 28.3. The predicted octanol–water partition coefficient (Wildman–Crippen LogP) is 3.68. The van der Waals surface area contributed by atoms with Crippen LogP contribution < -0.4 is 10.4 Å². The first-order valence-electron chi connectivity index (χ1n) is 6.88. The highest BCUT2D eigenvalue weighted by molar-refractivity contribution is 7.01. The summed E-state index contributed by atoms with van der Waals surface area (Å²) in [7, 11) is -1.52. The van der Waals surface area contributed by atoms with E-state index in [1.807, 2.05) is 0 Å². The molecule has 0 aromatic heterocycles. The lowest BCUT2D eigenvalue weighted by molar-refractivity contribution is 0.872. The van der Waals surface area contributed by atoms with E-state index in [1.54, 1.807) is 10.4 Å². The van der Waals surface area contributed by atoms with Crippen LogP contribution in [0.15, 0.2) is 60.7 Å². The van der Waals surface area contributed by atoms with Crippen LogP contribution in [0.4, 0.5) is 0 Å². The molecule has 0 spiro atoms. The zero-order valence-corrected chi connectivity index (χ0v) is 12.4. The maximum absolute atomic E-state index is 2.51. The smallest absolute Gasteiger partial charge is 0.0654 e. The molecule has 0 aliphatic rings. The Kier molecular flexibility index (Phi) is 4.37. The third-order valence-corrected chi connectivity index (χ3v) is 8.42. The SMILES string of the molecule is CCCC[Si](C)(c1ccccc1)c1ccccc1. The Morgan fingerprint density at radius 3 is 1.61 bits per heavy atom. The minimum absolute atomic E-state index is 1.28. The van der Waals surface area contributed by atoms with E-state index in [2.05, 4.69) is 74.1 Å². The van der Waals surface area contributed by atoms with Crippen LogP contribution in [0.2, 0.25) is 12.6 Å². The van der Waals surface area contributed by atoms with Gasteiger partial charge in [0.2, 0.25) is 0 Å². The molecule has 0 unspecified atom stereocenters. The van der Waals surface area contributed by atoms with Gasteiger partial charge >= 0.3 is 0 Å². The lowest BCUT2D eigenvalue weighted by Gasteiger charge is -2.28. The fraction of sp³-hybridized carbons (Fsp3) is 0.294. The van der Waals surface area contributed by atoms with E-state index in [9.17, 15) is 0 Å². The predicted molar refractivity (Wildman–Crippen MR) is 83.5 cm³/mol. The first kappa shape index (κ1) is 13.1. The molecule has 18 heavy (non-hydrogen) atoms. The Morgan fingerprint density at radius 1 is 0.778 bits per heavy atom. The van der Waals surface area contributed by atoms with Gasteiger partial charge in [-0.2, -0.15) is 0 Å². The average molecular weight is 254 g/mol. The third-order valence-electron chi connectivity index (χ3n) is 3.85. The average Bonchev–Trinajstić information content (AvgIpc) is 2.46. The van der Waals surface area contributed by atoms with Gasteiger partial charge in [0.05, 0.1) is 0 Å². The third kappa shape index (κ3) is 2.73. The summed E-state index contributed by atoms with van der Waals surface area (Å²) < 4.78 is 0. The van der Waals surface area contributed by atoms with Gasteiger partial charge in [0.1, 0.15) is 8.07 Å². The van der Waals surface area contributed by atoms with Crippen molar-refractivity contribution >= 4 is 18.4 Å². The Morgan fingerprint density at radius 2 is 1.22 bits per heavy atom. The summed E-state index contributed by atoms with van der Waals surface area (Å²) in [5, 5.41) is 3.12. The molecule has 0 atom stereocenters. The molecule has 94 valence electrons. The van der Waals surface area contributed by atoms with E-state index in [1.165, 1.54) is 18.9 Å². The molecule has 0 radical (unpaired) electrons. The summed E-state index contributed by atoms with van der Waals surface area (Å²) in [6.07, 6.45) is 2.61. The van der Waals surface area contributed by atoms with Gasteiger partial charge < -0.3 is 0 Å². The monoisotopic (exact) mass is 254 g/mol. The topological polar surface area (TPSA) is 0 Å². The molecule has 0 nitrogen and oxygen atoms in total. The number of benzene rings is 2. The highest BCUT2D eigenvalue weighted by Gasteiger charge is 2.30. The zero-order valence-electron chi connectivity index (χ0n) is 11.4. The lowest BCUT2D eigenvalue weighted by atomic mass is 10.4. The van der Waals surface area contributed by atoms with Gasteiger partial charge in [0, 0.05) is 0 Å². The van der Waals surface area contributed by atoms with Crippen LogP contribution in [-0.2, 0) is 0 Å². The molecule has 1 heteroatoms. The van der Waals surface area contributed by atoms with Gasteiger partial charge in [-0.25, -0.2) is 0 Å². The summed E-state index contributed by atoms with van der Waals surface area (Å²) in [5.41, 5.74) is 0. The zero-order chi connectivity index (χ0) is 12.8. The van der Waals surface area contributed by atoms with Gasteiger partial charge in [-0.1, -0.05) is 97.3 Å². The van der Waals surface area contributed by atoms with Crippen LogP contribution in [0.3, 0.4) is 0 Å². The van der Waals surface area contributed by atoms with E-state index >= 15 is 0 Å². The van der Waals surface area contributed by atoms with Crippen molar-refractivity contribution in [2.75, 3.05) is 0 Å². The summed E-state index contributed by atoms with van der Waals surface area (Å²) in [5.74, 6) is 0. The highest BCUT2D eigenvalue weighted by Crippen LogP contribution is 2.14. The van der Waals surface area contributed by atoms with Crippen LogP contribution in [-0.4, -0.2) is 8.07 Å². The number of hydrogen-bond donors (Lipinski definition) is 0. The van der Waals surface area contributed by atoms with E-state index in [0.717, 1.165) is 0 Å². The largest absolute Gasteiger partial charge is 0.115 e. The number of unbranched alkanes of at least 4 members (excludes halogenated alkanes) is 1. The Balaban J connectivity index is 2.41. The molecule has 2 rings (SSSR count). The molecule has 0 fully saturated rings. The summed E-state index contributed by atoms with van der Waals surface area (Å²) in [6, 6.07) is 23.5. The first-order valence-corrected chi connectivity index (χ1v) is 9.59. The van der Waals surface area contributed by atoms with Crippen molar-refractivity contribution in [3.63, 3.8) is 0 Å². The molecule has 0 amide bonds. The number of rotatable bonds is 5. The quantitative estimate of drug-likeness (QED) is 0.714. The second-order valence-corrected chi connectivity index (χ2v) is 9.49. The Bertz CT molecular complexity index is 422. The van der Waals surface area contributed by atoms with Gasteiger partial charge in [-0.05, 0) is 6.04 Å². The molecule has 0 saturated carbocycles. The normalized spacial score (nSPS) is 11.4. The van der Waals surface area contributed by atoms with E-state index in [0.29, 0.717) is 0 Å². The Hall–Kier alpha value is -1.34. The maximum atomic E-state index is 2.51. The molecule has 0 aliphatic carbocycles. The molecule has 0 N–H and O–H groups in total. The molecule has 0 bridgehead atoms. The molecule has 0 heterocycles. The summed E-state index contributed by atoms with van der Waals surface area (Å²) in [4.78, 5) is 0. The van der Waals surface area contributed by atoms with Crippen LogP contribution in [0.25, 0.3) is 0 Å². The number of hydrogen-bond acceptors (Lipinski definition) is 0. The van der Waals surface area contributed by atoms with Crippen molar-refractivity contribution in [3.05, 3.63) is 60.7 Å². The van der Waals surface area contributed by atoms with Crippen molar-refractivity contribution < 1.29 is 0 Å². The van der Waals surface area contributed by atoms with Crippen molar-refractivity contribution in [2.45, 2.75) is 32.4 Å². The van der Waals surface area contributed by atoms with Gasteiger partial charge in [0.25, 0.3) is 0 Å². The molecule has 2 aromatic carbocycles. The van der Waals surface area contributed by atoms with Crippen LogP contribution in [0, 0.1) is 0 Å². The first-order chi connectivity index (χ1) is 8.77. The maximum Gasteiger partial charge on any atom is 0.115 e. The second kappa shape index (κ2) is 6.01. The van der Waals surface area contributed by atoms with Gasteiger partial charge in [0.15, 0.2) is 0 Å². The van der Waals surface area contributed by atoms with Crippen molar-refractivity contribution in [1.82, 2.24) is 0 Å². The Labute approximate surface area is 112 Å². The van der Waals surface area contributed by atoms with Crippen LogP contribution >= 0.6 is 0 Å². The van der Waals surface area contributed by atoms with Crippen molar-refractivity contribution in [3.8, 4) is 0 Å². The van der Waals surface area contributed by atoms with Crippen LogP contribution in [0.1, 0.15) is 19.8 Å². The molecule has 0 aliphatic heterocycles. The molecular weight excluding hydrogens is 232 g/mol. The minimum atomic E-state index is -1.52. The van der Waals surface area contributed by atoms with Crippen molar-refractivity contribution in [2.24, 2.45) is 0 Å². The van der Waals surface area contributed by atoms with E-state index in [4.69, 9.17) is 0 Å². The van der Waals surface area contributed by atoms with Crippen molar-refractivity contribution in [1.29, 1.82) is 0 Å². The van der Waals surface area contributed by atoms with E-state index in [-0.39, 0.29) is 0 Å². The molecule has 0 saturated heterocycles. The summed E-state index contributed by atoms with van der Waals surface area (Å²) in [6.45, 7) is 4.79. The fourth-order valence-corrected chi connectivity index (χ4v) is 6.43. The van der Waals surface area contributed by atoms with Crippen LogP contribution in [0.5, 0.6) is 0 Å². The second-order valence-electron chi connectivity index (χ2n) is 5.17.